The number of benzene rings is 2. The van der Waals surface area contributed by atoms with Crippen molar-refractivity contribution in [3.8, 4) is 0 Å². The van der Waals surface area contributed by atoms with Crippen LogP contribution in [0.5, 0.6) is 0 Å². The van der Waals surface area contributed by atoms with E-state index in [0.717, 1.165) is 23.2 Å². The summed E-state index contributed by atoms with van der Waals surface area (Å²) >= 11 is 0. The Balaban J connectivity index is 1.04. The van der Waals surface area contributed by atoms with Gasteiger partial charge in [-0.1, -0.05) is 36.4 Å². The molecule has 10 atom stereocenters. The predicted octanol–water partition coefficient (Wildman–Crippen LogP) is -0.251. The summed E-state index contributed by atoms with van der Waals surface area (Å²) in [7, 11) is -10.7. The molecule has 2 fully saturated rings. The number of nitrogens with zero attached hydrogens (tertiary/aromatic N) is 6. The Morgan fingerprint density at radius 2 is 1.47 bits per heavy atom. The molecule has 2 aliphatic rings. The number of aliphatic hydroxyl groups is 2. The number of amides is 2. The Bertz CT molecular complexity index is 2890. The van der Waals surface area contributed by atoms with Crippen molar-refractivity contribution in [2.75, 3.05) is 24.7 Å². The SMILES string of the molecule is CC(C)(NC(=O)OCc1ccc(C(C(N)=O)c2ccc(F)cc2)cc1)C(=O)O[C@H]1[C@@H](O)[C@H](n2cnc3c(N)ncnc32)O[C@@H]1COP(=O)(O)O[C@H]1[C@@H](O)[C@H](n2ccc(N)nc2=O)O[C@@H]1COP(=O)(O)O. The fourth-order valence-corrected chi connectivity index (χ4v) is 8.69. The molecular formula is C39H45FN10O18P2. The molecule has 7 rings (SSSR count). The van der Waals surface area contributed by atoms with E-state index >= 15 is 0 Å². The van der Waals surface area contributed by atoms with Crippen LogP contribution in [0.3, 0.4) is 0 Å². The summed E-state index contributed by atoms with van der Waals surface area (Å²) in [5.41, 5.74) is 15.7. The lowest BCUT2D eigenvalue weighted by atomic mass is 9.90. The normalized spacial score (nSPS) is 23.9. The molecule has 2 unspecified atom stereocenters. The number of imidazole rings is 1. The minimum atomic E-state index is -5.47. The van der Waals surface area contributed by atoms with Crippen molar-refractivity contribution in [2.45, 2.75) is 81.0 Å². The summed E-state index contributed by atoms with van der Waals surface area (Å²) in [4.78, 5) is 96.9. The molecule has 0 saturated carbocycles. The van der Waals surface area contributed by atoms with Gasteiger partial charge in [0.15, 0.2) is 30.0 Å². The van der Waals surface area contributed by atoms with Crippen molar-refractivity contribution in [1.29, 1.82) is 0 Å². The fraction of sp³-hybridized carbons (Fsp3) is 0.385. The number of nitrogens with two attached hydrogens (primary N) is 3. The first-order valence-electron chi connectivity index (χ1n) is 20.5. The van der Waals surface area contributed by atoms with Crippen LogP contribution in [0.25, 0.3) is 11.2 Å². The highest BCUT2D eigenvalue weighted by Crippen LogP contribution is 2.50. The molecule has 3 aromatic heterocycles. The zero-order valence-electron chi connectivity index (χ0n) is 36.5. The van der Waals surface area contributed by atoms with Gasteiger partial charge in [0.2, 0.25) is 5.91 Å². The molecule has 2 amide bonds. The Morgan fingerprint density at radius 3 is 2.10 bits per heavy atom. The maximum absolute atomic E-state index is 13.8. The van der Waals surface area contributed by atoms with Gasteiger partial charge in [0.05, 0.1) is 25.5 Å². The number of rotatable bonds is 18. The molecule has 5 aromatic rings. The molecule has 70 heavy (non-hydrogen) atoms. The molecular weight excluding hydrogens is 977 g/mol. The highest BCUT2D eigenvalue weighted by atomic mass is 31.2. The average molecular weight is 1020 g/mol. The first-order valence-corrected chi connectivity index (χ1v) is 23.5. The molecule has 28 nitrogen and oxygen atoms in total. The van der Waals surface area contributed by atoms with Crippen LogP contribution >= 0.6 is 15.6 Å². The average Bonchev–Trinajstić information content (AvgIpc) is 3.95. The predicted molar refractivity (Wildman–Crippen MR) is 232 cm³/mol. The smallest absolute Gasteiger partial charge is 0.455 e. The van der Waals surface area contributed by atoms with Crippen molar-refractivity contribution in [3.63, 3.8) is 0 Å². The van der Waals surface area contributed by atoms with E-state index in [4.69, 9.17) is 45.2 Å². The summed E-state index contributed by atoms with van der Waals surface area (Å²) in [6, 6.07) is 12.7. The van der Waals surface area contributed by atoms with E-state index in [9.17, 15) is 57.6 Å². The van der Waals surface area contributed by atoms with E-state index in [1.165, 1.54) is 49.0 Å². The van der Waals surface area contributed by atoms with Gasteiger partial charge >= 0.3 is 33.4 Å². The number of carbonyl (C=O) groups excluding carboxylic acids is 3. The number of aromatic nitrogens is 6. The number of hydrogen-bond acceptors (Lipinski definition) is 21. The maximum atomic E-state index is 13.8. The summed E-state index contributed by atoms with van der Waals surface area (Å²) in [5.74, 6) is -3.52. The number of halogens is 1. The van der Waals surface area contributed by atoms with Gasteiger partial charge in [-0.3, -0.25) is 27.5 Å². The minimum absolute atomic E-state index is 0.0445. The second-order valence-corrected chi connectivity index (χ2v) is 18.8. The zero-order valence-corrected chi connectivity index (χ0v) is 38.3. The minimum Gasteiger partial charge on any atom is -0.455 e. The van der Waals surface area contributed by atoms with Crippen LogP contribution in [0.1, 0.15) is 48.9 Å². The second-order valence-electron chi connectivity index (χ2n) is 16.2. The Morgan fingerprint density at radius 1 is 0.871 bits per heavy atom. The van der Waals surface area contributed by atoms with E-state index < -0.39 is 119 Å². The molecule has 31 heteroatoms. The summed E-state index contributed by atoms with van der Waals surface area (Å²) in [6.45, 7) is 0.0740. The Kier molecular flexibility index (Phi) is 15.1. The third kappa shape index (κ3) is 11.8. The number of phosphoric ester groups is 2. The van der Waals surface area contributed by atoms with Crippen molar-refractivity contribution < 1.29 is 85.3 Å². The lowest BCUT2D eigenvalue weighted by Gasteiger charge is -2.28. The monoisotopic (exact) mass is 1020 g/mol. The number of nitrogens with one attached hydrogen (secondary N) is 1. The van der Waals surface area contributed by atoms with Gasteiger partial charge in [-0.25, -0.2) is 42.9 Å². The molecule has 0 aliphatic carbocycles. The van der Waals surface area contributed by atoms with E-state index in [-0.39, 0.29) is 29.4 Å². The molecule has 12 N–H and O–H groups in total. The molecule has 0 spiro atoms. The molecule has 2 aromatic carbocycles. The number of esters is 1. The van der Waals surface area contributed by atoms with Crippen LogP contribution in [0.2, 0.25) is 0 Å². The van der Waals surface area contributed by atoms with Gasteiger partial charge in [-0.2, -0.15) is 4.98 Å². The van der Waals surface area contributed by atoms with Crippen LogP contribution in [-0.2, 0) is 57.8 Å². The first-order chi connectivity index (χ1) is 32.9. The number of hydrogen-bond donors (Lipinski definition) is 9. The highest BCUT2D eigenvalue weighted by Gasteiger charge is 2.53. The number of carbonyl (C=O) groups is 3. The van der Waals surface area contributed by atoms with Gasteiger partial charge in [0.1, 0.15) is 66.1 Å². The highest BCUT2D eigenvalue weighted by molar-refractivity contribution is 7.47. The van der Waals surface area contributed by atoms with Crippen molar-refractivity contribution in [1.82, 2.24) is 34.4 Å². The number of primary amides is 1. The van der Waals surface area contributed by atoms with E-state index in [0.29, 0.717) is 16.7 Å². The lowest BCUT2D eigenvalue weighted by Crippen LogP contribution is -2.53. The largest absolute Gasteiger partial charge is 0.472 e. The standard InChI is InChI=1S/C39H45FN10O18P2/c1-39(2,48-38(56)62-13-18-3-5-19(6-4-18)25(32(43)53)20-7-9-21(40)10-8-20)36(54)67-29-22(65-35(27(29)51)50-17-46-26-31(42)44-16-45-33(26)50)15-64-70(60,61)68-30-23(14-63-69(57,58)59)66-34(28(30)52)49-12-11-24(41)47-37(49)55/h3-12,16-17,22-23,25,27-30,34-35,51-52H,13-15H2,1-2H3,(H2,43,53)(H,48,56)(H,60,61)(H2,41,47,55)(H2,42,44,45)(H2,57,58,59)/t22-,23-,25?,27-,28-,29-,30-,34-,35-/m1/s1. The summed E-state index contributed by atoms with van der Waals surface area (Å²) in [6.07, 6.45) is -12.1. The number of ether oxygens (including phenoxy) is 4. The summed E-state index contributed by atoms with van der Waals surface area (Å²) in [5, 5.41) is 25.2. The third-order valence-electron chi connectivity index (χ3n) is 10.8. The van der Waals surface area contributed by atoms with Gasteiger partial charge in [-0.05, 0) is 48.7 Å². The van der Waals surface area contributed by atoms with Crippen molar-refractivity contribution >= 4 is 56.4 Å². The van der Waals surface area contributed by atoms with Gasteiger partial charge in [0.25, 0.3) is 0 Å². The lowest BCUT2D eigenvalue weighted by molar-refractivity contribution is -0.163. The molecule has 2 saturated heterocycles. The molecule has 0 radical (unpaired) electrons. The van der Waals surface area contributed by atoms with Gasteiger partial charge < -0.3 is 66.4 Å². The maximum Gasteiger partial charge on any atom is 0.472 e. The number of alkyl carbamates (subject to hydrolysis) is 1. The van der Waals surface area contributed by atoms with E-state index in [2.05, 4.69) is 29.8 Å². The molecule has 5 heterocycles. The Hall–Kier alpha value is -6.33. The first kappa shape index (κ1) is 51.5. The molecule has 376 valence electrons. The quantitative estimate of drug-likeness (QED) is 0.0403. The Labute approximate surface area is 393 Å². The topological polar surface area (TPSA) is 420 Å². The number of nitrogen functional groups attached to an aromatic ring is 2. The fourth-order valence-electron chi connectivity index (χ4n) is 7.39. The number of phosphoric acid groups is 2. The zero-order chi connectivity index (χ0) is 50.9. The van der Waals surface area contributed by atoms with Crippen LogP contribution in [0.15, 0.2) is 78.2 Å². The van der Waals surface area contributed by atoms with Crippen molar-refractivity contribution in [3.05, 3.63) is 106 Å². The third-order valence-corrected chi connectivity index (χ3v) is 12.3. The van der Waals surface area contributed by atoms with E-state index in [1.54, 1.807) is 24.3 Å². The van der Waals surface area contributed by atoms with E-state index in [1.807, 2.05) is 0 Å². The van der Waals surface area contributed by atoms with Crippen LogP contribution in [0.4, 0.5) is 20.8 Å². The van der Waals surface area contributed by atoms with Crippen LogP contribution in [0, 0.1) is 5.82 Å². The number of fused-ring (bicyclic) bond motifs is 1. The van der Waals surface area contributed by atoms with Crippen molar-refractivity contribution in [2.24, 2.45) is 5.73 Å². The summed E-state index contributed by atoms with van der Waals surface area (Å²) < 4.78 is 78.1. The number of aliphatic hydroxyl groups excluding tert-OH is 2. The second kappa shape index (κ2) is 20.6. The van der Waals surface area contributed by atoms with Crippen LogP contribution in [-0.4, -0.2) is 127 Å². The molecule has 2 aliphatic heterocycles. The van der Waals surface area contributed by atoms with Gasteiger partial charge in [-0.15, -0.1) is 0 Å². The van der Waals surface area contributed by atoms with Crippen LogP contribution < -0.4 is 28.2 Å². The molecule has 0 bridgehead atoms. The number of anilines is 2. The van der Waals surface area contributed by atoms with Gasteiger partial charge in [0, 0.05) is 6.20 Å².